The van der Waals surface area contributed by atoms with Gasteiger partial charge in [0.05, 0.1) is 19.3 Å². The minimum atomic E-state index is -0.615. The van der Waals surface area contributed by atoms with E-state index in [2.05, 4.69) is 17.2 Å². The van der Waals surface area contributed by atoms with E-state index in [4.69, 9.17) is 9.47 Å². The van der Waals surface area contributed by atoms with Crippen molar-refractivity contribution in [2.45, 2.75) is 58.9 Å². The quantitative estimate of drug-likeness (QED) is 0.485. The lowest BCUT2D eigenvalue weighted by Crippen LogP contribution is -2.44. The van der Waals surface area contributed by atoms with Crippen LogP contribution >= 0.6 is 0 Å². The molecule has 1 aromatic rings. The van der Waals surface area contributed by atoms with E-state index in [1.54, 1.807) is 6.92 Å². The van der Waals surface area contributed by atoms with E-state index in [1.807, 2.05) is 31.2 Å². The van der Waals surface area contributed by atoms with Gasteiger partial charge in [0.2, 0.25) is 0 Å². The van der Waals surface area contributed by atoms with Crippen molar-refractivity contribution in [1.29, 1.82) is 0 Å². The topological polar surface area (TPSA) is 77.0 Å². The van der Waals surface area contributed by atoms with Crippen LogP contribution in [0, 0.1) is 5.92 Å². The average Bonchev–Trinajstić information content (AvgIpc) is 2.64. The van der Waals surface area contributed by atoms with Crippen LogP contribution in [0.4, 0.5) is 4.79 Å². The predicted molar refractivity (Wildman–Crippen MR) is 105 cm³/mol. The highest BCUT2D eigenvalue weighted by Crippen LogP contribution is 2.29. The van der Waals surface area contributed by atoms with Crippen LogP contribution in [0.15, 0.2) is 29.3 Å². The maximum atomic E-state index is 12.7. The Bertz CT molecular complexity index is 655. The summed E-state index contributed by atoms with van der Waals surface area (Å²) in [6.07, 6.45) is 5.45. The van der Waals surface area contributed by atoms with E-state index in [9.17, 15) is 9.59 Å². The van der Waals surface area contributed by atoms with Crippen LogP contribution < -0.4 is 10.1 Å². The number of hydrogen-bond donors (Lipinski definition) is 1. The van der Waals surface area contributed by atoms with E-state index in [0.717, 1.165) is 30.6 Å². The molecular formula is C21H30N2O4. The van der Waals surface area contributed by atoms with Crippen molar-refractivity contribution in [1.82, 2.24) is 5.32 Å². The lowest BCUT2D eigenvalue weighted by Gasteiger charge is -2.29. The molecule has 2 unspecified atom stereocenters. The minimum Gasteiger partial charge on any atom is -0.494 e. The number of unbranched alkanes of at least 4 members (excludes halogenated alkanes) is 4. The minimum absolute atomic E-state index is 0.342. The summed E-state index contributed by atoms with van der Waals surface area (Å²) >= 11 is 0. The monoisotopic (exact) mass is 374 g/mol. The molecule has 6 nitrogen and oxygen atoms in total. The van der Waals surface area contributed by atoms with Gasteiger partial charge in [0.1, 0.15) is 11.7 Å². The summed E-state index contributed by atoms with van der Waals surface area (Å²) in [5.41, 5.74) is 1.31. The molecule has 0 aliphatic carbocycles. The van der Waals surface area contributed by atoms with Crippen LogP contribution in [-0.2, 0) is 9.53 Å². The SMILES string of the molecule is CCCCCCCOC(=O)C1C(C)=NC(=O)NC1c1ccc(OCC)cc1. The molecule has 0 saturated carbocycles. The Morgan fingerprint density at radius 1 is 1.11 bits per heavy atom. The first-order chi connectivity index (χ1) is 13.1. The zero-order valence-electron chi connectivity index (χ0n) is 16.5. The van der Waals surface area contributed by atoms with Crippen LogP contribution in [0.2, 0.25) is 0 Å². The van der Waals surface area contributed by atoms with E-state index in [-0.39, 0.29) is 5.97 Å². The van der Waals surface area contributed by atoms with Gasteiger partial charge >= 0.3 is 12.0 Å². The number of rotatable bonds is 10. The molecule has 27 heavy (non-hydrogen) atoms. The molecule has 6 heteroatoms. The van der Waals surface area contributed by atoms with Gasteiger partial charge in [0.15, 0.2) is 0 Å². The molecule has 0 spiro atoms. The lowest BCUT2D eigenvalue weighted by atomic mass is 9.88. The Kier molecular flexibility index (Phi) is 8.30. The van der Waals surface area contributed by atoms with Gasteiger partial charge in [0.25, 0.3) is 0 Å². The molecular weight excluding hydrogens is 344 g/mol. The highest BCUT2D eigenvalue weighted by atomic mass is 16.5. The second-order valence-electron chi connectivity index (χ2n) is 6.74. The van der Waals surface area contributed by atoms with E-state index < -0.39 is 18.0 Å². The Hall–Kier alpha value is -2.37. The Morgan fingerprint density at radius 3 is 2.48 bits per heavy atom. The molecule has 0 fully saturated rings. The second-order valence-corrected chi connectivity index (χ2v) is 6.74. The first kappa shape index (κ1) is 20.9. The largest absolute Gasteiger partial charge is 0.494 e. The number of urea groups is 1. The van der Waals surface area contributed by atoms with E-state index in [0.29, 0.717) is 18.9 Å². The normalized spacial score (nSPS) is 19.2. The van der Waals surface area contributed by atoms with Gasteiger partial charge in [-0.2, -0.15) is 0 Å². The van der Waals surface area contributed by atoms with Crippen molar-refractivity contribution in [2.75, 3.05) is 13.2 Å². The van der Waals surface area contributed by atoms with E-state index >= 15 is 0 Å². The maximum Gasteiger partial charge on any atom is 0.341 e. The summed E-state index contributed by atoms with van der Waals surface area (Å²) in [7, 11) is 0. The second kappa shape index (κ2) is 10.7. The number of nitrogens with one attached hydrogen (secondary N) is 1. The number of esters is 1. The predicted octanol–water partition coefficient (Wildman–Crippen LogP) is 4.44. The van der Waals surface area contributed by atoms with Gasteiger partial charge in [0, 0.05) is 5.71 Å². The summed E-state index contributed by atoms with van der Waals surface area (Å²) in [6, 6.07) is 6.47. The van der Waals surface area contributed by atoms with Crippen LogP contribution in [0.5, 0.6) is 5.75 Å². The average molecular weight is 374 g/mol. The third-order valence-corrected chi connectivity index (χ3v) is 4.64. The summed E-state index contributed by atoms with van der Waals surface area (Å²) in [5.74, 6) is -0.207. The standard InChI is InChI=1S/C21H30N2O4/c1-4-6-7-8-9-14-27-20(24)18-15(3)22-21(25)23-19(18)16-10-12-17(13-11-16)26-5-2/h10-13,18-19H,4-9,14H2,1-3H3,(H,23,25). The zero-order valence-corrected chi connectivity index (χ0v) is 16.5. The Morgan fingerprint density at radius 2 is 1.81 bits per heavy atom. The van der Waals surface area contributed by atoms with Crippen molar-refractivity contribution in [3.05, 3.63) is 29.8 Å². The summed E-state index contributed by atoms with van der Waals surface area (Å²) < 4.78 is 10.9. The van der Waals surface area contributed by atoms with Gasteiger partial charge in [-0.25, -0.2) is 9.79 Å². The first-order valence-electron chi connectivity index (χ1n) is 9.81. The summed E-state index contributed by atoms with van der Waals surface area (Å²) in [5, 5.41) is 2.80. The van der Waals surface area contributed by atoms with Crippen molar-refractivity contribution in [3.63, 3.8) is 0 Å². The van der Waals surface area contributed by atoms with Crippen LogP contribution in [0.25, 0.3) is 0 Å². The first-order valence-corrected chi connectivity index (χ1v) is 9.81. The number of ether oxygens (including phenoxy) is 2. The number of amides is 2. The molecule has 1 aliphatic heterocycles. The molecule has 2 rings (SSSR count). The number of carbonyl (C=O) groups is 2. The fourth-order valence-corrected chi connectivity index (χ4v) is 3.21. The molecule has 0 aromatic heterocycles. The molecule has 1 aromatic carbocycles. The number of benzene rings is 1. The zero-order chi connectivity index (χ0) is 19.6. The highest BCUT2D eigenvalue weighted by molar-refractivity contribution is 6.08. The smallest absolute Gasteiger partial charge is 0.341 e. The number of hydrogen-bond acceptors (Lipinski definition) is 4. The molecule has 0 saturated heterocycles. The van der Waals surface area contributed by atoms with Gasteiger partial charge in [-0.1, -0.05) is 44.7 Å². The summed E-state index contributed by atoms with van der Waals surface area (Å²) in [4.78, 5) is 28.5. The lowest BCUT2D eigenvalue weighted by molar-refractivity contribution is -0.147. The van der Waals surface area contributed by atoms with Crippen molar-refractivity contribution in [2.24, 2.45) is 10.9 Å². The number of aliphatic imine (C=N–C) groups is 1. The van der Waals surface area contributed by atoms with Crippen molar-refractivity contribution in [3.8, 4) is 5.75 Å². The van der Waals surface area contributed by atoms with Gasteiger partial charge in [-0.3, -0.25) is 4.79 Å². The Balaban J connectivity index is 2.04. The molecule has 1 heterocycles. The highest BCUT2D eigenvalue weighted by Gasteiger charge is 2.37. The number of carbonyl (C=O) groups excluding carboxylic acids is 2. The molecule has 0 radical (unpaired) electrons. The molecule has 2 amide bonds. The van der Waals surface area contributed by atoms with Crippen molar-refractivity contribution >= 4 is 17.7 Å². The van der Waals surface area contributed by atoms with Crippen LogP contribution in [0.1, 0.15) is 64.5 Å². The van der Waals surface area contributed by atoms with Gasteiger partial charge in [-0.05, 0) is 38.0 Å². The Labute approximate surface area is 161 Å². The summed E-state index contributed by atoms with van der Waals surface area (Å²) in [6.45, 7) is 6.77. The fraction of sp³-hybridized carbons (Fsp3) is 0.571. The fourth-order valence-electron chi connectivity index (χ4n) is 3.21. The van der Waals surface area contributed by atoms with Crippen LogP contribution in [0.3, 0.4) is 0 Å². The third kappa shape index (κ3) is 6.08. The van der Waals surface area contributed by atoms with Gasteiger partial charge < -0.3 is 14.8 Å². The molecule has 2 atom stereocenters. The van der Waals surface area contributed by atoms with Crippen molar-refractivity contribution < 1.29 is 19.1 Å². The van der Waals surface area contributed by atoms with Gasteiger partial charge in [-0.15, -0.1) is 0 Å². The maximum absolute atomic E-state index is 12.7. The third-order valence-electron chi connectivity index (χ3n) is 4.64. The molecule has 0 bridgehead atoms. The molecule has 1 N–H and O–H groups in total. The number of nitrogens with zero attached hydrogens (tertiary/aromatic N) is 1. The van der Waals surface area contributed by atoms with Crippen LogP contribution in [-0.4, -0.2) is 30.9 Å². The van der Waals surface area contributed by atoms with E-state index in [1.165, 1.54) is 12.8 Å². The molecule has 1 aliphatic rings. The molecule has 148 valence electrons.